The summed E-state index contributed by atoms with van der Waals surface area (Å²) in [6.45, 7) is 5.80. The first kappa shape index (κ1) is 14.4. The molecule has 2 nitrogen and oxygen atoms in total. The van der Waals surface area contributed by atoms with Crippen molar-refractivity contribution in [2.75, 3.05) is 19.6 Å². The third kappa shape index (κ3) is 3.03. The van der Waals surface area contributed by atoms with Crippen LogP contribution in [0.3, 0.4) is 0 Å². The van der Waals surface area contributed by atoms with Gasteiger partial charge >= 0.3 is 0 Å². The lowest BCUT2D eigenvalue weighted by atomic mass is 10.0. The summed E-state index contributed by atoms with van der Waals surface area (Å²) in [5.74, 6) is 0. The second kappa shape index (κ2) is 6.46. The number of nitrogens with one attached hydrogen (secondary N) is 1. The highest BCUT2D eigenvalue weighted by Gasteiger charge is 2.28. The standard InChI is InChI=1S/C17H25ClN2/c1-2-20(12-15-5-3-4-10-19-15)17-9-6-13-11-14(18)7-8-16(13)17/h7-8,11,15,17,19H,2-6,9-10,12H2,1H3. The van der Waals surface area contributed by atoms with Gasteiger partial charge in [-0.05, 0) is 62.0 Å². The highest BCUT2D eigenvalue weighted by Crippen LogP contribution is 2.37. The molecule has 1 fully saturated rings. The number of halogens is 1. The van der Waals surface area contributed by atoms with Crippen LogP contribution in [0.4, 0.5) is 0 Å². The van der Waals surface area contributed by atoms with Gasteiger partial charge in [0, 0.05) is 23.7 Å². The first-order chi connectivity index (χ1) is 9.78. The summed E-state index contributed by atoms with van der Waals surface area (Å²) in [6, 6.07) is 7.72. The minimum Gasteiger partial charge on any atom is -0.313 e. The van der Waals surface area contributed by atoms with E-state index in [4.69, 9.17) is 11.6 Å². The number of piperidine rings is 1. The molecule has 0 aromatic heterocycles. The fraction of sp³-hybridized carbons (Fsp3) is 0.647. The Hall–Kier alpha value is -0.570. The lowest BCUT2D eigenvalue weighted by Crippen LogP contribution is -2.44. The fourth-order valence-corrected chi connectivity index (χ4v) is 3.98. The Morgan fingerprint density at radius 3 is 2.95 bits per heavy atom. The molecular formula is C17H25ClN2. The van der Waals surface area contributed by atoms with Crippen LogP contribution in [-0.4, -0.2) is 30.6 Å². The molecule has 0 saturated carbocycles. The van der Waals surface area contributed by atoms with Crippen molar-refractivity contribution in [1.82, 2.24) is 10.2 Å². The maximum Gasteiger partial charge on any atom is 0.0408 e. The Kier molecular flexibility index (Phi) is 4.65. The van der Waals surface area contributed by atoms with E-state index in [0.29, 0.717) is 12.1 Å². The zero-order valence-corrected chi connectivity index (χ0v) is 13.1. The monoisotopic (exact) mass is 292 g/mol. The summed E-state index contributed by atoms with van der Waals surface area (Å²) >= 11 is 6.12. The molecule has 1 saturated heterocycles. The van der Waals surface area contributed by atoms with Gasteiger partial charge in [0.2, 0.25) is 0 Å². The molecule has 1 heterocycles. The van der Waals surface area contributed by atoms with E-state index in [2.05, 4.69) is 29.3 Å². The first-order valence-corrected chi connectivity index (χ1v) is 8.41. The molecule has 2 aliphatic rings. The van der Waals surface area contributed by atoms with Crippen molar-refractivity contribution >= 4 is 11.6 Å². The lowest BCUT2D eigenvalue weighted by Gasteiger charge is -2.34. The number of hydrogen-bond donors (Lipinski definition) is 1. The van der Waals surface area contributed by atoms with Crippen LogP contribution in [0.25, 0.3) is 0 Å². The van der Waals surface area contributed by atoms with Crippen LogP contribution in [0.5, 0.6) is 0 Å². The van der Waals surface area contributed by atoms with E-state index in [1.54, 1.807) is 0 Å². The quantitative estimate of drug-likeness (QED) is 0.908. The van der Waals surface area contributed by atoms with Crippen molar-refractivity contribution in [3.05, 3.63) is 34.3 Å². The van der Waals surface area contributed by atoms with Crippen LogP contribution in [0.15, 0.2) is 18.2 Å². The van der Waals surface area contributed by atoms with E-state index in [1.807, 2.05) is 6.07 Å². The van der Waals surface area contributed by atoms with Crippen molar-refractivity contribution < 1.29 is 0 Å². The Labute approximate surface area is 127 Å². The molecule has 1 aliphatic heterocycles. The van der Waals surface area contributed by atoms with Crippen LogP contribution in [-0.2, 0) is 6.42 Å². The van der Waals surface area contributed by atoms with Gasteiger partial charge in [-0.3, -0.25) is 4.90 Å². The van der Waals surface area contributed by atoms with E-state index in [0.717, 1.165) is 11.6 Å². The van der Waals surface area contributed by atoms with Gasteiger partial charge in [0.15, 0.2) is 0 Å². The van der Waals surface area contributed by atoms with Crippen molar-refractivity contribution in [1.29, 1.82) is 0 Å². The van der Waals surface area contributed by atoms with Gasteiger partial charge in [-0.1, -0.05) is 31.0 Å². The van der Waals surface area contributed by atoms with Gasteiger partial charge in [0.25, 0.3) is 0 Å². The fourth-order valence-electron chi connectivity index (χ4n) is 3.78. The highest BCUT2D eigenvalue weighted by atomic mass is 35.5. The SMILES string of the molecule is CCN(CC1CCCCN1)C1CCc2cc(Cl)ccc21. The van der Waals surface area contributed by atoms with Gasteiger partial charge < -0.3 is 5.32 Å². The zero-order chi connectivity index (χ0) is 13.9. The molecule has 3 rings (SSSR count). The number of aryl methyl sites for hydroxylation is 1. The molecule has 1 aliphatic carbocycles. The van der Waals surface area contributed by atoms with Crippen LogP contribution >= 0.6 is 11.6 Å². The average molecular weight is 293 g/mol. The number of likely N-dealkylation sites (N-methyl/N-ethyl adjacent to an activating group) is 1. The van der Waals surface area contributed by atoms with Gasteiger partial charge in [0.1, 0.15) is 0 Å². The largest absolute Gasteiger partial charge is 0.313 e. The van der Waals surface area contributed by atoms with Crippen LogP contribution in [0.1, 0.15) is 49.8 Å². The van der Waals surface area contributed by atoms with Crippen molar-refractivity contribution in [3.8, 4) is 0 Å². The summed E-state index contributed by atoms with van der Waals surface area (Å²) in [6.07, 6.45) is 6.47. The van der Waals surface area contributed by atoms with Crippen LogP contribution in [0.2, 0.25) is 5.02 Å². The predicted octanol–water partition coefficient (Wildman–Crippen LogP) is 3.79. The predicted molar refractivity (Wildman–Crippen MR) is 85.4 cm³/mol. The molecule has 0 bridgehead atoms. The van der Waals surface area contributed by atoms with E-state index in [1.165, 1.54) is 56.3 Å². The summed E-state index contributed by atoms with van der Waals surface area (Å²) < 4.78 is 0. The number of nitrogens with zero attached hydrogens (tertiary/aromatic N) is 1. The maximum atomic E-state index is 6.12. The van der Waals surface area contributed by atoms with Crippen molar-refractivity contribution in [3.63, 3.8) is 0 Å². The second-order valence-electron chi connectivity index (χ2n) is 6.13. The minimum atomic E-state index is 0.594. The second-order valence-corrected chi connectivity index (χ2v) is 6.57. The molecule has 1 N–H and O–H groups in total. The van der Waals surface area contributed by atoms with Gasteiger partial charge in [0.05, 0.1) is 0 Å². The normalized spacial score (nSPS) is 25.9. The molecule has 0 amide bonds. The Bertz CT molecular complexity index is 454. The Balaban J connectivity index is 1.71. The molecule has 2 unspecified atom stereocenters. The summed E-state index contributed by atoms with van der Waals surface area (Å²) in [5, 5.41) is 4.55. The average Bonchev–Trinajstić information content (AvgIpc) is 2.88. The summed E-state index contributed by atoms with van der Waals surface area (Å²) in [5.41, 5.74) is 2.96. The van der Waals surface area contributed by atoms with E-state index in [-0.39, 0.29) is 0 Å². The number of benzene rings is 1. The molecule has 20 heavy (non-hydrogen) atoms. The first-order valence-electron chi connectivity index (χ1n) is 8.03. The van der Waals surface area contributed by atoms with E-state index < -0.39 is 0 Å². The Morgan fingerprint density at radius 1 is 1.30 bits per heavy atom. The van der Waals surface area contributed by atoms with E-state index in [9.17, 15) is 0 Å². The molecule has 3 heteroatoms. The number of hydrogen-bond acceptors (Lipinski definition) is 2. The molecular weight excluding hydrogens is 268 g/mol. The number of rotatable bonds is 4. The molecule has 2 atom stereocenters. The molecule has 0 spiro atoms. The molecule has 0 radical (unpaired) electrons. The smallest absolute Gasteiger partial charge is 0.0408 e. The zero-order valence-electron chi connectivity index (χ0n) is 12.4. The molecule has 1 aromatic carbocycles. The number of fused-ring (bicyclic) bond motifs is 1. The summed E-state index contributed by atoms with van der Waals surface area (Å²) in [4.78, 5) is 2.66. The van der Waals surface area contributed by atoms with Gasteiger partial charge in [-0.25, -0.2) is 0 Å². The van der Waals surface area contributed by atoms with Crippen molar-refractivity contribution in [2.24, 2.45) is 0 Å². The van der Waals surface area contributed by atoms with Gasteiger partial charge in [-0.2, -0.15) is 0 Å². The van der Waals surface area contributed by atoms with E-state index >= 15 is 0 Å². The molecule has 110 valence electrons. The minimum absolute atomic E-state index is 0.594. The topological polar surface area (TPSA) is 15.3 Å². The third-order valence-corrected chi connectivity index (χ3v) is 5.10. The van der Waals surface area contributed by atoms with Crippen molar-refractivity contribution in [2.45, 2.75) is 51.1 Å². The summed E-state index contributed by atoms with van der Waals surface area (Å²) in [7, 11) is 0. The molecule has 1 aromatic rings. The lowest BCUT2D eigenvalue weighted by molar-refractivity contribution is 0.173. The van der Waals surface area contributed by atoms with Gasteiger partial charge in [-0.15, -0.1) is 0 Å². The van der Waals surface area contributed by atoms with Crippen LogP contribution < -0.4 is 5.32 Å². The highest BCUT2D eigenvalue weighted by molar-refractivity contribution is 6.30. The third-order valence-electron chi connectivity index (χ3n) is 4.87. The van der Waals surface area contributed by atoms with Crippen LogP contribution in [0, 0.1) is 0 Å². The maximum absolute atomic E-state index is 6.12. The Morgan fingerprint density at radius 2 is 2.20 bits per heavy atom.